The van der Waals surface area contributed by atoms with E-state index in [1.807, 2.05) is 0 Å². The zero-order valence-electron chi connectivity index (χ0n) is 17.1. The summed E-state index contributed by atoms with van der Waals surface area (Å²) in [6, 6.07) is 4.62. The maximum atomic E-state index is 13.4. The minimum Gasteiger partial charge on any atom is -0.461 e. The van der Waals surface area contributed by atoms with Gasteiger partial charge in [0, 0.05) is 28.6 Å². The van der Waals surface area contributed by atoms with E-state index in [0.717, 1.165) is 32.1 Å². The van der Waals surface area contributed by atoms with E-state index >= 15 is 0 Å². The molecule has 1 aromatic heterocycles. The highest BCUT2D eigenvalue weighted by molar-refractivity contribution is 7.09. The smallest absolute Gasteiger partial charge is 0.357 e. The molecule has 1 saturated carbocycles. The molecule has 2 aromatic rings. The first-order valence-electron chi connectivity index (χ1n) is 10.1. The van der Waals surface area contributed by atoms with Crippen LogP contribution < -0.4 is 0 Å². The summed E-state index contributed by atoms with van der Waals surface area (Å²) in [5, 5.41) is 13.6. The topological polar surface area (TPSA) is 103 Å². The van der Waals surface area contributed by atoms with Gasteiger partial charge in [-0.3, -0.25) is 14.9 Å². The van der Waals surface area contributed by atoms with Gasteiger partial charge in [0.15, 0.2) is 5.69 Å². The molecule has 1 aromatic carbocycles. The van der Waals surface area contributed by atoms with Crippen LogP contribution in [0.15, 0.2) is 23.6 Å². The van der Waals surface area contributed by atoms with Gasteiger partial charge in [0.1, 0.15) is 5.01 Å². The summed E-state index contributed by atoms with van der Waals surface area (Å²) in [4.78, 5) is 42.2. The molecule has 3 rings (SSSR count). The number of thiazole rings is 1. The number of carbonyl (C=O) groups excluding carboxylic acids is 2. The molecule has 8 nitrogen and oxygen atoms in total. The summed E-state index contributed by atoms with van der Waals surface area (Å²) < 4.78 is 4.99. The fourth-order valence-electron chi connectivity index (χ4n) is 3.69. The third-order valence-corrected chi connectivity index (χ3v) is 6.10. The Kier molecular flexibility index (Phi) is 7.15. The molecule has 0 atom stereocenters. The van der Waals surface area contributed by atoms with E-state index < -0.39 is 10.9 Å². The molecule has 0 radical (unpaired) electrons. The lowest BCUT2D eigenvalue weighted by Crippen LogP contribution is -2.41. The predicted molar refractivity (Wildman–Crippen MR) is 113 cm³/mol. The molecular formula is C21H25N3O5S. The van der Waals surface area contributed by atoms with Gasteiger partial charge in [-0.2, -0.15) is 0 Å². The predicted octanol–water partition coefficient (Wildman–Crippen LogP) is 4.51. The van der Waals surface area contributed by atoms with Crippen LogP contribution in [0.4, 0.5) is 5.69 Å². The van der Waals surface area contributed by atoms with Crippen LogP contribution >= 0.6 is 11.3 Å². The summed E-state index contributed by atoms with van der Waals surface area (Å²) in [7, 11) is 0. The molecule has 0 spiro atoms. The van der Waals surface area contributed by atoms with Crippen LogP contribution in [0.1, 0.15) is 70.4 Å². The highest BCUT2D eigenvalue weighted by atomic mass is 32.1. The van der Waals surface area contributed by atoms with Crippen molar-refractivity contribution in [1.29, 1.82) is 0 Å². The van der Waals surface area contributed by atoms with Crippen molar-refractivity contribution in [2.24, 2.45) is 0 Å². The van der Waals surface area contributed by atoms with Gasteiger partial charge in [-0.25, -0.2) is 9.78 Å². The van der Waals surface area contributed by atoms with Gasteiger partial charge < -0.3 is 9.64 Å². The molecule has 1 aliphatic rings. The number of nitro groups is 1. The zero-order valence-corrected chi connectivity index (χ0v) is 17.9. The molecular weight excluding hydrogens is 406 g/mol. The van der Waals surface area contributed by atoms with Gasteiger partial charge >= 0.3 is 5.97 Å². The quantitative estimate of drug-likeness (QED) is 0.363. The van der Waals surface area contributed by atoms with E-state index in [9.17, 15) is 19.7 Å². The van der Waals surface area contributed by atoms with Crippen molar-refractivity contribution in [1.82, 2.24) is 9.88 Å². The highest BCUT2D eigenvalue weighted by Gasteiger charge is 2.29. The molecule has 1 heterocycles. The van der Waals surface area contributed by atoms with Gasteiger partial charge in [-0.15, -0.1) is 11.3 Å². The first-order chi connectivity index (χ1) is 14.4. The Morgan fingerprint density at radius 3 is 2.70 bits per heavy atom. The lowest BCUT2D eigenvalue weighted by molar-refractivity contribution is -0.385. The monoisotopic (exact) mass is 431 g/mol. The number of esters is 1. The number of hydrogen-bond donors (Lipinski definition) is 0. The number of nitrogens with zero attached hydrogens (tertiary/aromatic N) is 3. The Morgan fingerprint density at radius 1 is 1.30 bits per heavy atom. The Hall–Kier alpha value is -2.81. The molecule has 0 aliphatic heterocycles. The lowest BCUT2D eigenvalue weighted by atomic mass is 9.93. The molecule has 0 unspecified atom stereocenters. The van der Waals surface area contributed by atoms with Gasteiger partial charge in [-0.05, 0) is 32.8 Å². The Labute approximate surface area is 179 Å². The van der Waals surface area contributed by atoms with Crippen LogP contribution in [0.5, 0.6) is 0 Å². The number of ether oxygens (including phenoxy) is 1. The summed E-state index contributed by atoms with van der Waals surface area (Å²) in [5.41, 5.74) is 0.974. The molecule has 1 aliphatic carbocycles. The number of amides is 1. The minimum absolute atomic E-state index is 0.0431. The van der Waals surface area contributed by atoms with Crippen LogP contribution in [0.3, 0.4) is 0 Å². The van der Waals surface area contributed by atoms with E-state index in [0.29, 0.717) is 16.1 Å². The third-order valence-electron chi connectivity index (χ3n) is 5.27. The number of aromatic nitrogens is 1. The first-order valence-corrected chi connectivity index (χ1v) is 11.0. The normalized spacial score (nSPS) is 14.3. The second-order valence-corrected chi connectivity index (χ2v) is 8.27. The van der Waals surface area contributed by atoms with Crippen molar-refractivity contribution < 1.29 is 19.2 Å². The molecule has 1 amide bonds. The van der Waals surface area contributed by atoms with E-state index in [1.54, 1.807) is 36.3 Å². The average molecular weight is 432 g/mol. The standard InChI is InChI=1S/C21H25N3O5S/c1-3-29-21(26)17-13-30-19(22-17)12-23(16-7-5-4-6-8-16)20(25)15-10-9-14(2)18(11-15)24(27)28/h9-11,13,16H,3-8,12H2,1-2H3. The van der Waals surface area contributed by atoms with Crippen molar-refractivity contribution in [3.05, 3.63) is 55.5 Å². The second-order valence-electron chi connectivity index (χ2n) is 7.33. The maximum Gasteiger partial charge on any atom is 0.357 e. The Morgan fingerprint density at radius 2 is 2.03 bits per heavy atom. The number of carbonyl (C=O) groups is 2. The second kappa shape index (κ2) is 9.80. The molecule has 30 heavy (non-hydrogen) atoms. The minimum atomic E-state index is -0.482. The van der Waals surface area contributed by atoms with E-state index in [-0.39, 0.29) is 36.5 Å². The van der Waals surface area contributed by atoms with Crippen LogP contribution in [0, 0.1) is 17.0 Å². The fraction of sp³-hybridized carbons (Fsp3) is 0.476. The SMILES string of the molecule is CCOC(=O)c1csc(CN(C(=O)c2ccc(C)c([N+](=O)[O-])c2)C2CCCCC2)n1. The van der Waals surface area contributed by atoms with Crippen molar-refractivity contribution in [3.63, 3.8) is 0 Å². The van der Waals surface area contributed by atoms with E-state index in [4.69, 9.17) is 4.74 Å². The molecule has 9 heteroatoms. The lowest BCUT2D eigenvalue weighted by Gasteiger charge is -2.34. The van der Waals surface area contributed by atoms with Crippen molar-refractivity contribution in [2.45, 2.75) is 58.5 Å². The van der Waals surface area contributed by atoms with Crippen LogP contribution in [0.25, 0.3) is 0 Å². The molecule has 0 N–H and O–H groups in total. The average Bonchev–Trinajstić information content (AvgIpc) is 3.21. The summed E-state index contributed by atoms with van der Waals surface area (Å²) >= 11 is 1.31. The number of rotatable bonds is 7. The number of hydrogen-bond acceptors (Lipinski definition) is 7. The fourth-order valence-corrected chi connectivity index (χ4v) is 4.45. The zero-order chi connectivity index (χ0) is 21.7. The van der Waals surface area contributed by atoms with Crippen molar-refractivity contribution >= 4 is 28.9 Å². The van der Waals surface area contributed by atoms with Gasteiger partial charge in [-0.1, -0.05) is 25.3 Å². The summed E-state index contributed by atoms with van der Waals surface area (Å²) in [6.07, 6.45) is 4.98. The number of benzene rings is 1. The van der Waals surface area contributed by atoms with Crippen molar-refractivity contribution in [2.75, 3.05) is 6.61 Å². The molecule has 1 fully saturated rings. The Bertz CT molecular complexity index is 936. The van der Waals surface area contributed by atoms with E-state index in [2.05, 4.69) is 4.98 Å². The van der Waals surface area contributed by atoms with Crippen LogP contribution in [-0.2, 0) is 11.3 Å². The largest absolute Gasteiger partial charge is 0.461 e. The van der Waals surface area contributed by atoms with Gasteiger partial charge in [0.25, 0.3) is 11.6 Å². The van der Waals surface area contributed by atoms with Crippen LogP contribution in [0.2, 0.25) is 0 Å². The highest BCUT2D eigenvalue weighted by Crippen LogP contribution is 2.28. The molecule has 0 saturated heterocycles. The van der Waals surface area contributed by atoms with E-state index in [1.165, 1.54) is 17.4 Å². The van der Waals surface area contributed by atoms with Gasteiger partial charge in [0.2, 0.25) is 0 Å². The number of aryl methyl sites for hydroxylation is 1. The third kappa shape index (κ3) is 5.02. The number of nitro benzene ring substituents is 1. The van der Waals surface area contributed by atoms with Crippen LogP contribution in [-0.4, -0.2) is 39.3 Å². The first kappa shape index (κ1) is 21.9. The van der Waals surface area contributed by atoms with Crippen molar-refractivity contribution in [3.8, 4) is 0 Å². The summed E-state index contributed by atoms with van der Waals surface area (Å²) in [5.74, 6) is -0.734. The molecule has 160 valence electrons. The Balaban J connectivity index is 1.87. The molecule has 0 bridgehead atoms. The summed E-state index contributed by atoms with van der Waals surface area (Å²) in [6.45, 7) is 3.91. The maximum absolute atomic E-state index is 13.4. The van der Waals surface area contributed by atoms with Gasteiger partial charge in [0.05, 0.1) is 18.1 Å².